The fourth-order valence-electron chi connectivity index (χ4n) is 2.77. The highest BCUT2D eigenvalue weighted by Crippen LogP contribution is 2.31. The molecule has 0 atom stereocenters. The number of nitrogens with one attached hydrogen (secondary N) is 1. The van der Waals surface area contributed by atoms with Crippen LogP contribution in [0.25, 0.3) is 17.2 Å². The Balaban J connectivity index is 1.61. The van der Waals surface area contributed by atoms with Crippen molar-refractivity contribution in [2.24, 2.45) is 0 Å². The number of rotatable bonds is 4. The first-order valence-electron chi connectivity index (χ1n) is 8.39. The highest BCUT2D eigenvalue weighted by Gasteiger charge is 2.23. The molecule has 3 heterocycles. The van der Waals surface area contributed by atoms with Gasteiger partial charge >= 0.3 is 0 Å². The largest absolute Gasteiger partial charge is 0.360 e. The number of anilines is 1. The van der Waals surface area contributed by atoms with Crippen molar-refractivity contribution < 1.29 is 9.32 Å². The number of carbonyl (C=O) groups is 1. The Morgan fingerprint density at radius 3 is 2.57 bits per heavy atom. The van der Waals surface area contributed by atoms with Crippen LogP contribution in [0.2, 0.25) is 5.02 Å². The third-order valence-electron chi connectivity index (χ3n) is 4.16. The summed E-state index contributed by atoms with van der Waals surface area (Å²) >= 11 is 6.24. The lowest BCUT2D eigenvalue weighted by atomic mass is 10.1. The molecule has 0 saturated heterocycles. The Hall–Kier alpha value is -3.52. The predicted octanol–water partition coefficient (Wildman–Crippen LogP) is 3.84. The van der Waals surface area contributed by atoms with Crippen molar-refractivity contribution in [2.45, 2.75) is 13.8 Å². The number of hydrogen-bond donors (Lipinski definition) is 1. The van der Waals surface area contributed by atoms with Crippen LogP contribution in [0.5, 0.6) is 0 Å². The van der Waals surface area contributed by atoms with Crippen LogP contribution in [0.15, 0.2) is 53.6 Å². The molecule has 28 heavy (non-hydrogen) atoms. The van der Waals surface area contributed by atoms with E-state index >= 15 is 0 Å². The Labute approximate surface area is 165 Å². The van der Waals surface area contributed by atoms with Crippen molar-refractivity contribution >= 4 is 23.2 Å². The van der Waals surface area contributed by atoms with Crippen molar-refractivity contribution in [1.82, 2.24) is 24.7 Å². The molecule has 0 aliphatic heterocycles. The maximum absolute atomic E-state index is 12.8. The van der Waals surface area contributed by atoms with Gasteiger partial charge in [-0.25, -0.2) is 15.0 Å². The van der Waals surface area contributed by atoms with E-state index < -0.39 is 0 Å². The molecule has 0 saturated carbocycles. The summed E-state index contributed by atoms with van der Waals surface area (Å²) in [6, 6.07) is 7.13. The lowest BCUT2D eigenvalue weighted by Gasteiger charge is -2.07. The summed E-state index contributed by atoms with van der Waals surface area (Å²) in [5.41, 5.74) is 1.75. The summed E-state index contributed by atoms with van der Waals surface area (Å²) in [7, 11) is 0. The SMILES string of the molecule is Cc1onc(-c2ccccc2Cl)c1C(=O)Nc1cnc(-n2ccnc2C)nc1. The molecule has 1 N–H and O–H groups in total. The van der Waals surface area contributed by atoms with Gasteiger partial charge < -0.3 is 9.84 Å². The first-order valence-corrected chi connectivity index (χ1v) is 8.77. The second-order valence-electron chi connectivity index (χ2n) is 6.01. The molecule has 9 heteroatoms. The fraction of sp³-hybridized carbons (Fsp3) is 0.105. The number of imidazole rings is 1. The van der Waals surface area contributed by atoms with E-state index in [2.05, 4.69) is 25.4 Å². The van der Waals surface area contributed by atoms with Crippen LogP contribution in [-0.4, -0.2) is 30.6 Å². The topological polar surface area (TPSA) is 98.7 Å². The maximum atomic E-state index is 12.8. The van der Waals surface area contributed by atoms with Gasteiger partial charge in [0.25, 0.3) is 5.91 Å². The van der Waals surface area contributed by atoms with Crippen LogP contribution >= 0.6 is 11.6 Å². The van der Waals surface area contributed by atoms with Gasteiger partial charge in [0.05, 0.1) is 23.1 Å². The average Bonchev–Trinajstić information content (AvgIpc) is 3.28. The highest BCUT2D eigenvalue weighted by atomic mass is 35.5. The van der Waals surface area contributed by atoms with Gasteiger partial charge in [0, 0.05) is 18.0 Å². The molecule has 4 aromatic rings. The standard InChI is InChI=1S/C19H15ClN6O2/c1-11-16(17(25-28-11)14-5-3-4-6-15(14)20)18(27)24-13-9-22-19(23-10-13)26-8-7-21-12(26)2/h3-10H,1-2H3,(H,24,27). The molecule has 140 valence electrons. The van der Waals surface area contributed by atoms with Gasteiger partial charge in [-0.2, -0.15) is 0 Å². The molecular formula is C19H15ClN6O2. The van der Waals surface area contributed by atoms with Crippen molar-refractivity contribution in [3.63, 3.8) is 0 Å². The van der Waals surface area contributed by atoms with Gasteiger partial charge in [0.2, 0.25) is 5.95 Å². The maximum Gasteiger partial charge on any atom is 0.261 e. The molecule has 0 bridgehead atoms. The highest BCUT2D eigenvalue weighted by molar-refractivity contribution is 6.33. The number of benzene rings is 1. The normalized spacial score (nSPS) is 10.8. The molecule has 0 aliphatic carbocycles. The van der Waals surface area contributed by atoms with E-state index in [1.165, 1.54) is 12.4 Å². The van der Waals surface area contributed by atoms with Gasteiger partial charge in [-0.15, -0.1) is 0 Å². The second-order valence-corrected chi connectivity index (χ2v) is 6.42. The zero-order valence-electron chi connectivity index (χ0n) is 15.0. The summed E-state index contributed by atoms with van der Waals surface area (Å²) in [4.78, 5) is 25.5. The number of halogens is 1. The average molecular weight is 395 g/mol. The van der Waals surface area contributed by atoms with E-state index in [9.17, 15) is 4.79 Å². The third-order valence-corrected chi connectivity index (χ3v) is 4.49. The molecule has 4 rings (SSSR count). The van der Waals surface area contributed by atoms with Gasteiger partial charge in [0.1, 0.15) is 22.8 Å². The lowest BCUT2D eigenvalue weighted by Crippen LogP contribution is -2.14. The summed E-state index contributed by atoms with van der Waals surface area (Å²) in [6.45, 7) is 3.52. The number of amides is 1. The molecule has 0 fully saturated rings. The number of aromatic nitrogens is 5. The zero-order chi connectivity index (χ0) is 19.7. The van der Waals surface area contributed by atoms with Crippen molar-refractivity contribution in [3.05, 3.63) is 71.2 Å². The van der Waals surface area contributed by atoms with E-state index in [-0.39, 0.29) is 5.91 Å². The predicted molar refractivity (Wildman–Crippen MR) is 104 cm³/mol. The van der Waals surface area contributed by atoms with Crippen LogP contribution in [0.1, 0.15) is 21.9 Å². The second kappa shape index (κ2) is 7.24. The molecule has 0 unspecified atom stereocenters. The third kappa shape index (κ3) is 3.25. The monoisotopic (exact) mass is 394 g/mol. The first kappa shape index (κ1) is 17.9. The zero-order valence-corrected chi connectivity index (χ0v) is 15.8. The smallest absolute Gasteiger partial charge is 0.261 e. The van der Waals surface area contributed by atoms with Crippen molar-refractivity contribution in [3.8, 4) is 17.2 Å². The molecule has 8 nitrogen and oxygen atoms in total. The number of hydrogen-bond acceptors (Lipinski definition) is 6. The first-order chi connectivity index (χ1) is 13.5. The summed E-state index contributed by atoms with van der Waals surface area (Å²) in [5, 5.41) is 7.26. The molecule has 0 spiro atoms. The molecule has 0 aliphatic rings. The Bertz CT molecular complexity index is 1150. The Morgan fingerprint density at radius 2 is 1.89 bits per heavy atom. The summed E-state index contributed by atoms with van der Waals surface area (Å²) in [6.07, 6.45) is 6.48. The molecule has 1 aromatic carbocycles. The summed E-state index contributed by atoms with van der Waals surface area (Å²) < 4.78 is 6.98. The van der Waals surface area contributed by atoms with E-state index in [1.54, 1.807) is 42.1 Å². The molecule has 1 amide bonds. The quantitative estimate of drug-likeness (QED) is 0.564. The van der Waals surface area contributed by atoms with Gasteiger partial charge in [-0.3, -0.25) is 9.36 Å². The molecule has 0 radical (unpaired) electrons. The van der Waals surface area contributed by atoms with Gasteiger partial charge in [-0.1, -0.05) is 35.0 Å². The minimum atomic E-state index is -0.385. The fourth-order valence-corrected chi connectivity index (χ4v) is 2.99. The Kier molecular flexibility index (Phi) is 4.62. The van der Waals surface area contributed by atoms with Gasteiger partial charge in [-0.05, 0) is 19.9 Å². The van der Waals surface area contributed by atoms with Crippen LogP contribution in [-0.2, 0) is 0 Å². The van der Waals surface area contributed by atoms with Crippen LogP contribution in [0, 0.1) is 13.8 Å². The molecule has 3 aromatic heterocycles. The van der Waals surface area contributed by atoms with E-state index in [1.807, 2.05) is 13.0 Å². The number of carbonyl (C=O) groups excluding carboxylic acids is 1. The summed E-state index contributed by atoms with van der Waals surface area (Å²) in [5.74, 6) is 1.23. The van der Waals surface area contributed by atoms with Crippen molar-refractivity contribution in [2.75, 3.05) is 5.32 Å². The van der Waals surface area contributed by atoms with E-state index in [4.69, 9.17) is 16.1 Å². The minimum absolute atomic E-state index is 0.308. The number of aryl methyl sites for hydroxylation is 2. The van der Waals surface area contributed by atoms with Crippen molar-refractivity contribution in [1.29, 1.82) is 0 Å². The molecular weight excluding hydrogens is 380 g/mol. The number of nitrogens with zero attached hydrogens (tertiary/aromatic N) is 5. The van der Waals surface area contributed by atoms with Crippen LogP contribution < -0.4 is 5.32 Å². The lowest BCUT2D eigenvalue weighted by molar-refractivity contribution is 0.102. The van der Waals surface area contributed by atoms with E-state index in [0.29, 0.717) is 39.2 Å². The Morgan fingerprint density at radius 1 is 1.14 bits per heavy atom. The van der Waals surface area contributed by atoms with Crippen LogP contribution in [0.3, 0.4) is 0 Å². The minimum Gasteiger partial charge on any atom is -0.360 e. The van der Waals surface area contributed by atoms with E-state index in [0.717, 1.165) is 5.82 Å². The van der Waals surface area contributed by atoms with Gasteiger partial charge in [0.15, 0.2) is 0 Å². The van der Waals surface area contributed by atoms with Crippen LogP contribution in [0.4, 0.5) is 5.69 Å².